The van der Waals surface area contributed by atoms with Gasteiger partial charge in [-0.05, 0) is 12.5 Å². The van der Waals surface area contributed by atoms with Gasteiger partial charge in [-0.25, -0.2) is 14.6 Å². The first kappa shape index (κ1) is 12.2. The van der Waals surface area contributed by atoms with Crippen LogP contribution < -0.4 is 0 Å². The Balaban J connectivity index is 2.01. The van der Waals surface area contributed by atoms with Crippen LogP contribution in [0.25, 0.3) is 16.7 Å². The fourth-order valence-corrected chi connectivity index (χ4v) is 2.55. The number of hydrogen-bond acceptors (Lipinski definition) is 4. The lowest BCUT2D eigenvalue weighted by molar-refractivity contribution is 0.826. The third-order valence-corrected chi connectivity index (χ3v) is 3.82. The molecule has 0 bridgehead atoms. The molecule has 0 spiro atoms. The number of nitrogens with zero attached hydrogens (tertiary/aromatic N) is 4. The van der Waals surface area contributed by atoms with E-state index >= 15 is 0 Å². The summed E-state index contributed by atoms with van der Waals surface area (Å²) in [6.45, 7) is 2.15. The third-order valence-electron chi connectivity index (χ3n) is 2.75. The molecular weight excluding hydrogens is 256 g/mol. The number of fused-ring (bicyclic) bond motifs is 1. The molecule has 3 rings (SSSR count). The van der Waals surface area contributed by atoms with Gasteiger partial charge in [-0.2, -0.15) is 5.10 Å². The van der Waals surface area contributed by atoms with Crippen molar-refractivity contribution >= 4 is 22.7 Å². The predicted octanol–water partition coefficient (Wildman–Crippen LogP) is 3.32. The van der Waals surface area contributed by atoms with Gasteiger partial charge >= 0.3 is 0 Å². The van der Waals surface area contributed by atoms with Crippen LogP contribution in [-0.4, -0.2) is 25.5 Å². The van der Waals surface area contributed by atoms with Gasteiger partial charge in [-0.1, -0.05) is 36.9 Å². The Hall–Kier alpha value is -1.88. The summed E-state index contributed by atoms with van der Waals surface area (Å²) >= 11 is 1.67. The molecule has 0 fully saturated rings. The number of aromatic nitrogens is 4. The van der Waals surface area contributed by atoms with Crippen LogP contribution in [-0.2, 0) is 0 Å². The zero-order valence-electron chi connectivity index (χ0n) is 10.7. The van der Waals surface area contributed by atoms with Gasteiger partial charge in [-0.15, -0.1) is 0 Å². The van der Waals surface area contributed by atoms with Crippen LogP contribution >= 0.6 is 11.8 Å². The zero-order chi connectivity index (χ0) is 13.1. The van der Waals surface area contributed by atoms with E-state index in [9.17, 15) is 0 Å². The molecule has 0 N–H and O–H groups in total. The summed E-state index contributed by atoms with van der Waals surface area (Å²) in [6.07, 6.45) is 4.76. The molecule has 0 aliphatic carbocycles. The van der Waals surface area contributed by atoms with E-state index in [2.05, 4.69) is 22.0 Å². The summed E-state index contributed by atoms with van der Waals surface area (Å²) < 4.78 is 1.85. The molecule has 0 saturated heterocycles. The minimum atomic E-state index is 0.805. The molecule has 0 aliphatic heterocycles. The smallest absolute Gasteiger partial charge is 0.189 e. The van der Waals surface area contributed by atoms with E-state index in [1.807, 2.05) is 41.2 Å². The number of hydrogen-bond donors (Lipinski definition) is 0. The van der Waals surface area contributed by atoms with Crippen molar-refractivity contribution < 1.29 is 0 Å². The highest BCUT2D eigenvalue weighted by atomic mass is 32.2. The van der Waals surface area contributed by atoms with E-state index in [0.29, 0.717) is 0 Å². The third kappa shape index (κ3) is 2.46. The summed E-state index contributed by atoms with van der Waals surface area (Å²) in [6, 6.07) is 10.00. The molecular formula is C14H14N4S. The fourth-order valence-electron chi connectivity index (χ4n) is 1.87. The van der Waals surface area contributed by atoms with Gasteiger partial charge in [0.25, 0.3) is 0 Å². The summed E-state index contributed by atoms with van der Waals surface area (Å²) in [5, 5.41) is 6.32. The maximum atomic E-state index is 4.56. The lowest BCUT2D eigenvalue weighted by Gasteiger charge is -2.04. The van der Waals surface area contributed by atoms with Crippen LogP contribution in [0.2, 0.25) is 0 Å². The minimum Gasteiger partial charge on any atom is -0.231 e. The molecule has 96 valence electrons. The molecule has 0 saturated carbocycles. The monoisotopic (exact) mass is 270 g/mol. The van der Waals surface area contributed by atoms with Crippen molar-refractivity contribution in [2.75, 3.05) is 5.75 Å². The van der Waals surface area contributed by atoms with Gasteiger partial charge < -0.3 is 0 Å². The molecule has 19 heavy (non-hydrogen) atoms. The summed E-state index contributed by atoms with van der Waals surface area (Å²) in [4.78, 5) is 8.83. The first-order chi connectivity index (χ1) is 9.38. The van der Waals surface area contributed by atoms with Crippen LogP contribution in [0, 0.1) is 0 Å². The molecule has 0 radical (unpaired) electrons. The minimum absolute atomic E-state index is 0.805. The molecule has 0 amide bonds. The molecule has 2 heterocycles. The quantitative estimate of drug-likeness (QED) is 0.539. The topological polar surface area (TPSA) is 43.6 Å². The Morgan fingerprint density at radius 3 is 3.00 bits per heavy atom. The molecule has 0 aliphatic rings. The van der Waals surface area contributed by atoms with Gasteiger partial charge in [-0.3, -0.25) is 0 Å². The average molecular weight is 270 g/mol. The van der Waals surface area contributed by atoms with Crippen LogP contribution in [0.4, 0.5) is 0 Å². The summed E-state index contributed by atoms with van der Waals surface area (Å²) in [7, 11) is 0. The summed E-state index contributed by atoms with van der Waals surface area (Å²) in [5.74, 6) is 1.85. The van der Waals surface area contributed by atoms with Crippen molar-refractivity contribution in [3.63, 3.8) is 0 Å². The molecule has 5 heteroatoms. The second-order valence-electron chi connectivity index (χ2n) is 4.16. The van der Waals surface area contributed by atoms with E-state index in [4.69, 9.17) is 0 Å². The standard InChI is InChI=1S/C14H14N4S/c1-2-9-19-14-15-8-7-13(17-14)18-12-6-4-3-5-11(12)10-16-18/h3-8,10H,2,9H2,1H3. The van der Waals surface area contributed by atoms with Gasteiger partial charge in [0.15, 0.2) is 11.0 Å². The first-order valence-electron chi connectivity index (χ1n) is 6.27. The maximum absolute atomic E-state index is 4.56. The van der Waals surface area contributed by atoms with Crippen molar-refractivity contribution in [2.45, 2.75) is 18.5 Å². The normalized spacial score (nSPS) is 11.0. The number of para-hydroxylation sites is 1. The Labute approximate surface area is 115 Å². The lowest BCUT2D eigenvalue weighted by atomic mass is 10.2. The highest BCUT2D eigenvalue weighted by Gasteiger charge is 2.06. The van der Waals surface area contributed by atoms with E-state index in [0.717, 1.165) is 34.1 Å². The van der Waals surface area contributed by atoms with Crippen molar-refractivity contribution in [3.05, 3.63) is 42.7 Å². The Morgan fingerprint density at radius 1 is 1.21 bits per heavy atom. The van der Waals surface area contributed by atoms with Gasteiger partial charge in [0, 0.05) is 23.4 Å². The Morgan fingerprint density at radius 2 is 2.11 bits per heavy atom. The van der Waals surface area contributed by atoms with E-state index in [1.165, 1.54) is 0 Å². The molecule has 0 atom stereocenters. The van der Waals surface area contributed by atoms with Crippen molar-refractivity contribution in [3.8, 4) is 5.82 Å². The van der Waals surface area contributed by atoms with Crippen LogP contribution in [0.5, 0.6) is 0 Å². The van der Waals surface area contributed by atoms with Crippen LogP contribution in [0.1, 0.15) is 13.3 Å². The second-order valence-corrected chi connectivity index (χ2v) is 5.22. The van der Waals surface area contributed by atoms with Gasteiger partial charge in [0.1, 0.15) is 0 Å². The maximum Gasteiger partial charge on any atom is 0.189 e. The van der Waals surface area contributed by atoms with Gasteiger partial charge in [0.2, 0.25) is 0 Å². The largest absolute Gasteiger partial charge is 0.231 e. The average Bonchev–Trinajstić information content (AvgIpc) is 2.89. The summed E-state index contributed by atoms with van der Waals surface area (Å²) in [5.41, 5.74) is 1.06. The first-order valence-corrected chi connectivity index (χ1v) is 7.26. The fraction of sp³-hybridized carbons (Fsp3) is 0.214. The lowest BCUT2D eigenvalue weighted by Crippen LogP contribution is -2.01. The van der Waals surface area contributed by atoms with E-state index in [-0.39, 0.29) is 0 Å². The SMILES string of the molecule is CCCSc1nccc(-n2ncc3ccccc32)n1. The molecule has 3 aromatic rings. The Kier molecular flexibility index (Phi) is 3.46. The second kappa shape index (κ2) is 5.40. The predicted molar refractivity (Wildman–Crippen MR) is 77.7 cm³/mol. The molecule has 1 aromatic carbocycles. The molecule has 2 aromatic heterocycles. The van der Waals surface area contributed by atoms with Crippen molar-refractivity contribution in [2.24, 2.45) is 0 Å². The highest BCUT2D eigenvalue weighted by Crippen LogP contribution is 2.19. The number of rotatable bonds is 4. The molecule has 0 unspecified atom stereocenters. The highest BCUT2D eigenvalue weighted by molar-refractivity contribution is 7.99. The van der Waals surface area contributed by atoms with Crippen molar-refractivity contribution in [1.82, 2.24) is 19.7 Å². The van der Waals surface area contributed by atoms with Crippen LogP contribution in [0.3, 0.4) is 0 Å². The van der Waals surface area contributed by atoms with Gasteiger partial charge in [0.05, 0.1) is 11.7 Å². The number of benzene rings is 1. The van der Waals surface area contributed by atoms with Crippen LogP contribution in [0.15, 0.2) is 47.9 Å². The molecule has 4 nitrogen and oxygen atoms in total. The Bertz CT molecular complexity index is 692. The van der Waals surface area contributed by atoms with E-state index in [1.54, 1.807) is 18.0 Å². The van der Waals surface area contributed by atoms with E-state index < -0.39 is 0 Å². The van der Waals surface area contributed by atoms with Crippen molar-refractivity contribution in [1.29, 1.82) is 0 Å². The number of thioether (sulfide) groups is 1. The zero-order valence-corrected chi connectivity index (χ0v) is 11.5.